The first-order valence-corrected chi connectivity index (χ1v) is 8.72. The molecule has 1 aliphatic heterocycles. The molecule has 0 aromatic carbocycles. The molecule has 2 aliphatic rings. The molecule has 1 heterocycles. The van der Waals surface area contributed by atoms with E-state index in [4.69, 9.17) is 0 Å². The third-order valence-corrected chi connectivity index (χ3v) is 5.21. The summed E-state index contributed by atoms with van der Waals surface area (Å²) in [6, 6.07) is 0.122. The molecule has 0 bridgehead atoms. The highest BCUT2D eigenvalue weighted by Gasteiger charge is 2.27. The SMILES string of the molecule is CS(=O)(=O)N1CCC(NC(=O)[C@@H]2CC=CCC2)CC1. The molecule has 1 saturated heterocycles. The Morgan fingerprint density at radius 2 is 1.89 bits per heavy atom. The van der Waals surface area contributed by atoms with Crippen LogP contribution in [0.2, 0.25) is 0 Å². The van der Waals surface area contributed by atoms with Gasteiger partial charge in [-0.15, -0.1) is 0 Å². The maximum Gasteiger partial charge on any atom is 0.223 e. The van der Waals surface area contributed by atoms with E-state index in [1.807, 2.05) is 0 Å². The Hall–Kier alpha value is -0.880. The number of carbonyl (C=O) groups is 1. The van der Waals surface area contributed by atoms with Gasteiger partial charge in [-0.25, -0.2) is 12.7 Å². The van der Waals surface area contributed by atoms with Crippen molar-refractivity contribution in [3.63, 3.8) is 0 Å². The van der Waals surface area contributed by atoms with Gasteiger partial charge in [-0.1, -0.05) is 12.2 Å². The highest BCUT2D eigenvalue weighted by Crippen LogP contribution is 2.19. The van der Waals surface area contributed by atoms with Crippen LogP contribution in [0.15, 0.2) is 12.2 Å². The molecule has 19 heavy (non-hydrogen) atoms. The molecule has 0 aromatic heterocycles. The molecule has 1 aliphatic carbocycles. The second-order valence-electron chi connectivity index (χ2n) is 5.43. The van der Waals surface area contributed by atoms with Crippen molar-refractivity contribution < 1.29 is 13.2 Å². The van der Waals surface area contributed by atoms with Crippen molar-refractivity contribution in [3.8, 4) is 0 Å². The number of allylic oxidation sites excluding steroid dienone is 2. The molecule has 0 saturated carbocycles. The number of sulfonamides is 1. The Morgan fingerprint density at radius 1 is 1.21 bits per heavy atom. The summed E-state index contributed by atoms with van der Waals surface area (Å²) in [4.78, 5) is 12.1. The van der Waals surface area contributed by atoms with E-state index in [0.717, 1.165) is 19.3 Å². The van der Waals surface area contributed by atoms with Gasteiger partial charge in [0.2, 0.25) is 15.9 Å². The number of nitrogens with zero attached hydrogens (tertiary/aromatic N) is 1. The van der Waals surface area contributed by atoms with Gasteiger partial charge in [0.1, 0.15) is 0 Å². The van der Waals surface area contributed by atoms with Crippen LogP contribution >= 0.6 is 0 Å². The van der Waals surface area contributed by atoms with Gasteiger partial charge >= 0.3 is 0 Å². The number of carbonyl (C=O) groups excluding carboxylic acids is 1. The van der Waals surface area contributed by atoms with Crippen LogP contribution in [0.5, 0.6) is 0 Å². The number of hydrogen-bond donors (Lipinski definition) is 1. The zero-order valence-corrected chi connectivity index (χ0v) is 12.2. The van der Waals surface area contributed by atoms with E-state index in [1.54, 1.807) is 0 Å². The predicted molar refractivity (Wildman–Crippen MR) is 74.1 cm³/mol. The summed E-state index contributed by atoms with van der Waals surface area (Å²) in [5.41, 5.74) is 0. The molecule has 1 N–H and O–H groups in total. The Balaban J connectivity index is 1.79. The van der Waals surface area contributed by atoms with Gasteiger partial charge in [0.15, 0.2) is 0 Å². The van der Waals surface area contributed by atoms with E-state index in [-0.39, 0.29) is 17.9 Å². The average Bonchev–Trinajstić information content (AvgIpc) is 2.39. The largest absolute Gasteiger partial charge is 0.353 e. The molecule has 0 spiro atoms. The lowest BCUT2D eigenvalue weighted by Gasteiger charge is -2.31. The Labute approximate surface area is 115 Å². The molecule has 6 heteroatoms. The molecule has 0 radical (unpaired) electrons. The molecule has 1 fully saturated rings. The van der Waals surface area contributed by atoms with Crippen LogP contribution < -0.4 is 5.32 Å². The third-order valence-electron chi connectivity index (χ3n) is 3.91. The van der Waals surface area contributed by atoms with Crippen LogP contribution in [0.3, 0.4) is 0 Å². The van der Waals surface area contributed by atoms with Crippen molar-refractivity contribution in [1.82, 2.24) is 9.62 Å². The number of hydrogen-bond acceptors (Lipinski definition) is 3. The monoisotopic (exact) mass is 286 g/mol. The Morgan fingerprint density at radius 3 is 2.42 bits per heavy atom. The normalized spacial score (nSPS) is 26.3. The first-order chi connectivity index (χ1) is 8.97. The summed E-state index contributed by atoms with van der Waals surface area (Å²) in [6.07, 6.45) is 9.57. The standard InChI is InChI=1S/C13H22N2O3S/c1-19(17,18)15-9-7-12(8-10-15)14-13(16)11-5-3-2-4-6-11/h2-3,11-12H,4-10H2,1H3,(H,14,16)/t11-/m1/s1. The molecule has 0 aromatic rings. The minimum Gasteiger partial charge on any atom is -0.353 e. The minimum absolute atomic E-state index is 0.0953. The highest BCUT2D eigenvalue weighted by molar-refractivity contribution is 7.88. The van der Waals surface area contributed by atoms with Crippen molar-refractivity contribution in [2.45, 2.75) is 38.1 Å². The Kier molecular flexibility index (Phi) is 4.62. The maximum absolute atomic E-state index is 12.1. The van der Waals surface area contributed by atoms with Crippen molar-refractivity contribution in [3.05, 3.63) is 12.2 Å². The lowest BCUT2D eigenvalue weighted by molar-refractivity contribution is -0.126. The van der Waals surface area contributed by atoms with Gasteiger partial charge in [0.05, 0.1) is 6.26 Å². The zero-order chi connectivity index (χ0) is 13.9. The second-order valence-corrected chi connectivity index (χ2v) is 7.41. The number of piperidine rings is 1. The molecule has 108 valence electrons. The van der Waals surface area contributed by atoms with Crippen LogP contribution in [0, 0.1) is 5.92 Å². The van der Waals surface area contributed by atoms with Crippen LogP contribution in [-0.4, -0.2) is 44.0 Å². The minimum atomic E-state index is -3.09. The first kappa shape index (κ1) is 14.5. The molecule has 1 amide bonds. The van der Waals surface area contributed by atoms with Gasteiger partial charge in [0.25, 0.3) is 0 Å². The maximum atomic E-state index is 12.1. The van der Waals surface area contributed by atoms with Crippen LogP contribution in [0.25, 0.3) is 0 Å². The van der Waals surface area contributed by atoms with Gasteiger partial charge in [-0.3, -0.25) is 4.79 Å². The summed E-state index contributed by atoms with van der Waals surface area (Å²) in [6.45, 7) is 1.02. The van der Waals surface area contributed by atoms with Crippen LogP contribution in [0.4, 0.5) is 0 Å². The van der Waals surface area contributed by atoms with E-state index in [0.29, 0.717) is 25.9 Å². The zero-order valence-electron chi connectivity index (χ0n) is 11.3. The van der Waals surface area contributed by atoms with Crippen LogP contribution in [0.1, 0.15) is 32.1 Å². The number of nitrogens with one attached hydrogen (secondary N) is 1. The summed E-state index contributed by atoms with van der Waals surface area (Å²) >= 11 is 0. The topological polar surface area (TPSA) is 66.5 Å². The van der Waals surface area contributed by atoms with E-state index in [2.05, 4.69) is 17.5 Å². The van der Waals surface area contributed by atoms with E-state index >= 15 is 0 Å². The smallest absolute Gasteiger partial charge is 0.223 e. The molecule has 2 rings (SSSR count). The summed E-state index contributed by atoms with van der Waals surface area (Å²) < 4.78 is 24.3. The average molecular weight is 286 g/mol. The van der Waals surface area contributed by atoms with Gasteiger partial charge < -0.3 is 5.32 Å². The first-order valence-electron chi connectivity index (χ1n) is 6.87. The fourth-order valence-corrected chi connectivity index (χ4v) is 3.56. The van der Waals surface area contributed by atoms with Crippen molar-refractivity contribution in [2.24, 2.45) is 5.92 Å². The van der Waals surface area contributed by atoms with Crippen molar-refractivity contribution in [2.75, 3.05) is 19.3 Å². The molecule has 0 unspecified atom stereocenters. The molecule has 1 atom stereocenters. The third kappa shape index (κ3) is 4.04. The van der Waals surface area contributed by atoms with Crippen molar-refractivity contribution in [1.29, 1.82) is 0 Å². The molecular formula is C13H22N2O3S. The quantitative estimate of drug-likeness (QED) is 0.783. The fraction of sp³-hybridized carbons (Fsp3) is 0.769. The number of rotatable bonds is 3. The predicted octanol–water partition coefficient (Wildman–Crippen LogP) is 0.883. The summed E-state index contributed by atoms with van der Waals surface area (Å²) in [5, 5.41) is 3.07. The van der Waals surface area contributed by atoms with E-state index < -0.39 is 10.0 Å². The molecule has 5 nitrogen and oxygen atoms in total. The lowest BCUT2D eigenvalue weighted by Crippen LogP contribution is -2.47. The van der Waals surface area contributed by atoms with Gasteiger partial charge in [0, 0.05) is 25.0 Å². The Bertz CT molecular complexity index is 451. The number of amides is 1. The lowest BCUT2D eigenvalue weighted by atomic mass is 9.93. The van der Waals surface area contributed by atoms with Crippen molar-refractivity contribution >= 4 is 15.9 Å². The fourth-order valence-electron chi connectivity index (χ4n) is 2.68. The summed E-state index contributed by atoms with van der Waals surface area (Å²) in [5.74, 6) is 0.222. The highest BCUT2D eigenvalue weighted by atomic mass is 32.2. The van der Waals surface area contributed by atoms with Gasteiger partial charge in [-0.05, 0) is 32.1 Å². The van der Waals surface area contributed by atoms with E-state index in [1.165, 1.54) is 10.6 Å². The van der Waals surface area contributed by atoms with Crippen LogP contribution in [-0.2, 0) is 14.8 Å². The van der Waals surface area contributed by atoms with Gasteiger partial charge in [-0.2, -0.15) is 0 Å². The summed E-state index contributed by atoms with van der Waals surface area (Å²) in [7, 11) is -3.09. The second kappa shape index (κ2) is 6.05. The molecular weight excluding hydrogens is 264 g/mol. The van der Waals surface area contributed by atoms with E-state index in [9.17, 15) is 13.2 Å².